The molecule has 3 rings (SSSR count). The Labute approximate surface area is 153 Å². The van der Waals surface area contributed by atoms with Gasteiger partial charge in [0.15, 0.2) is 0 Å². The van der Waals surface area contributed by atoms with Crippen molar-refractivity contribution in [2.75, 3.05) is 32.1 Å². The molecule has 138 valence electrons. The summed E-state index contributed by atoms with van der Waals surface area (Å²) in [5.41, 5.74) is 1.54. The third-order valence-corrected chi connectivity index (χ3v) is 4.26. The molecule has 0 aliphatic carbocycles. The van der Waals surface area contributed by atoms with E-state index in [0.717, 1.165) is 31.6 Å². The zero-order valence-electron chi connectivity index (χ0n) is 14.9. The Hall–Kier alpha value is -2.67. The largest absolute Gasteiger partial charge is 0.497 e. The lowest BCUT2D eigenvalue weighted by Gasteiger charge is -2.11. The van der Waals surface area contributed by atoms with Crippen LogP contribution in [0.15, 0.2) is 36.5 Å². The van der Waals surface area contributed by atoms with Crippen molar-refractivity contribution in [1.82, 2.24) is 15.3 Å². The lowest BCUT2D eigenvalue weighted by molar-refractivity contribution is 0.0853. The normalized spacial score (nSPS) is 16.3. The third kappa shape index (κ3) is 5.16. The summed E-state index contributed by atoms with van der Waals surface area (Å²) < 4.78 is 10.7. The van der Waals surface area contributed by atoms with Crippen LogP contribution < -0.4 is 15.4 Å². The van der Waals surface area contributed by atoms with Crippen LogP contribution in [0, 0.1) is 0 Å². The average molecular weight is 356 g/mol. The highest BCUT2D eigenvalue weighted by atomic mass is 16.5. The molecule has 1 aromatic carbocycles. The molecule has 1 saturated heterocycles. The van der Waals surface area contributed by atoms with Crippen molar-refractivity contribution in [3.8, 4) is 5.75 Å². The predicted octanol–water partition coefficient (Wildman–Crippen LogP) is 2.05. The molecule has 2 heterocycles. The quantitative estimate of drug-likeness (QED) is 0.753. The molecule has 7 nitrogen and oxygen atoms in total. The van der Waals surface area contributed by atoms with Crippen molar-refractivity contribution in [2.45, 2.75) is 25.4 Å². The number of aromatic nitrogens is 2. The fraction of sp³-hybridized carbons (Fsp3) is 0.421. The summed E-state index contributed by atoms with van der Waals surface area (Å²) in [5, 5.41) is 6.02. The number of hydrogen-bond acceptors (Lipinski definition) is 6. The SMILES string of the molecule is COc1ccc(CCNc2nccc(C(=O)NCC3CCCO3)n2)cc1. The summed E-state index contributed by atoms with van der Waals surface area (Å²) in [6.07, 6.45) is 4.56. The second-order valence-electron chi connectivity index (χ2n) is 6.14. The zero-order valence-corrected chi connectivity index (χ0v) is 14.9. The number of carbonyl (C=O) groups is 1. The van der Waals surface area contributed by atoms with E-state index in [2.05, 4.69) is 20.6 Å². The van der Waals surface area contributed by atoms with E-state index in [-0.39, 0.29) is 12.0 Å². The summed E-state index contributed by atoms with van der Waals surface area (Å²) in [5.74, 6) is 1.08. The van der Waals surface area contributed by atoms with Crippen molar-refractivity contribution < 1.29 is 14.3 Å². The molecular weight excluding hydrogens is 332 g/mol. The fourth-order valence-corrected chi connectivity index (χ4v) is 2.78. The first-order valence-corrected chi connectivity index (χ1v) is 8.84. The van der Waals surface area contributed by atoms with Gasteiger partial charge in [0.2, 0.25) is 5.95 Å². The maximum absolute atomic E-state index is 12.2. The summed E-state index contributed by atoms with van der Waals surface area (Å²) in [4.78, 5) is 20.7. The van der Waals surface area contributed by atoms with Crippen molar-refractivity contribution in [1.29, 1.82) is 0 Å². The van der Waals surface area contributed by atoms with E-state index in [4.69, 9.17) is 9.47 Å². The molecule has 1 aliphatic heterocycles. The van der Waals surface area contributed by atoms with E-state index in [1.807, 2.05) is 24.3 Å². The van der Waals surface area contributed by atoms with Crippen LogP contribution in [-0.2, 0) is 11.2 Å². The number of ether oxygens (including phenoxy) is 2. The fourth-order valence-electron chi connectivity index (χ4n) is 2.78. The first-order valence-electron chi connectivity index (χ1n) is 8.84. The molecule has 0 spiro atoms. The van der Waals surface area contributed by atoms with E-state index in [9.17, 15) is 4.79 Å². The number of carbonyl (C=O) groups excluding carboxylic acids is 1. The first kappa shape index (κ1) is 18.1. The molecule has 1 amide bonds. The molecule has 1 fully saturated rings. The molecule has 2 N–H and O–H groups in total. The highest BCUT2D eigenvalue weighted by Gasteiger charge is 2.17. The van der Waals surface area contributed by atoms with Gasteiger partial charge in [-0.1, -0.05) is 12.1 Å². The summed E-state index contributed by atoms with van der Waals surface area (Å²) >= 11 is 0. The first-order chi connectivity index (χ1) is 12.7. The minimum Gasteiger partial charge on any atom is -0.497 e. The van der Waals surface area contributed by atoms with Crippen LogP contribution in [0.1, 0.15) is 28.9 Å². The minimum atomic E-state index is -0.207. The van der Waals surface area contributed by atoms with E-state index >= 15 is 0 Å². The maximum Gasteiger partial charge on any atom is 0.270 e. The van der Waals surface area contributed by atoms with Gasteiger partial charge < -0.3 is 20.1 Å². The Morgan fingerprint density at radius 3 is 2.88 bits per heavy atom. The number of hydrogen-bond donors (Lipinski definition) is 2. The van der Waals surface area contributed by atoms with Gasteiger partial charge in [-0.3, -0.25) is 4.79 Å². The van der Waals surface area contributed by atoms with Crippen molar-refractivity contribution in [3.05, 3.63) is 47.8 Å². The Morgan fingerprint density at radius 2 is 2.15 bits per heavy atom. The highest BCUT2D eigenvalue weighted by Crippen LogP contribution is 2.12. The van der Waals surface area contributed by atoms with Crippen LogP contribution >= 0.6 is 0 Å². The van der Waals surface area contributed by atoms with Crippen LogP contribution in [-0.4, -0.2) is 48.8 Å². The molecule has 0 saturated carbocycles. The number of amides is 1. The zero-order chi connectivity index (χ0) is 18.2. The molecule has 26 heavy (non-hydrogen) atoms. The van der Waals surface area contributed by atoms with E-state index < -0.39 is 0 Å². The molecule has 1 aliphatic rings. The van der Waals surface area contributed by atoms with E-state index in [0.29, 0.717) is 24.7 Å². The van der Waals surface area contributed by atoms with E-state index in [1.165, 1.54) is 5.56 Å². The number of benzene rings is 1. The molecule has 1 unspecified atom stereocenters. The van der Waals surface area contributed by atoms with Gasteiger partial charge in [-0.25, -0.2) is 9.97 Å². The average Bonchev–Trinajstić information content (AvgIpc) is 3.20. The molecule has 2 aromatic rings. The van der Waals surface area contributed by atoms with Crippen LogP contribution in [0.4, 0.5) is 5.95 Å². The van der Waals surface area contributed by atoms with Gasteiger partial charge in [-0.15, -0.1) is 0 Å². The third-order valence-electron chi connectivity index (χ3n) is 4.26. The highest BCUT2D eigenvalue weighted by molar-refractivity contribution is 5.92. The Balaban J connectivity index is 1.47. The van der Waals surface area contributed by atoms with Crippen LogP contribution in [0.5, 0.6) is 5.75 Å². The van der Waals surface area contributed by atoms with E-state index in [1.54, 1.807) is 19.4 Å². The van der Waals surface area contributed by atoms with Crippen molar-refractivity contribution in [2.24, 2.45) is 0 Å². The van der Waals surface area contributed by atoms with Gasteiger partial charge >= 0.3 is 0 Å². The molecule has 0 bridgehead atoms. The topological polar surface area (TPSA) is 85.4 Å². The molecule has 7 heteroatoms. The lowest BCUT2D eigenvalue weighted by atomic mass is 10.1. The number of nitrogens with zero attached hydrogens (tertiary/aromatic N) is 2. The summed E-state index contributed by atoms with van der Waals surface area (Å²) in [7, 11) is 1.65. The van der Waals surface area contributed by atoms with Gasteiger partial charge in [0, 0.05) is 25.9 Å². The molecular formula is C19H24N4O3. The second-order valence-corrected chi connectivity index (χ2v) is 6.14. The molecule has 0 radical (unpaired) electrons. The smallest absolute Gasteiger partial charge is 0.270 e. The predicted molar refractivity (Wildman–Crippen MR) is 98.5 cm³/mol. The number of anilines is 1. The Bertz CT molecular complexity index is 715. The minimum absolute atomic E-state index is 0.114. The standard InChI is InChI=1S/C19H24N4O3/c1-25-15-6-4-14(5-7-15)8-10-20-19-21-11-9-17(23-19)18(24)22-13-16-3-2-12-26-16/h4-7,9,11,16H,2-3,8,10,12-13H2,1H3,(H,22,24)(H,20,21,23). The molecule has 1 aromatic heterocycles. The van der Waals surface area contributed by atoms with Crippen molar-refractivity contribution >= 4 is 11.9 Å². The number of nitrogens with one attached hydrogen (secondary N) is 2. The van der Waals surface area contributed by atoms with Crippen LogP contribution in [0.2, 0.25) is 0 Å². The summed E-state index contributed by atoms with van der Waals surface area (Å²) in [6, 6.07) is 9.53. The number of methoxy groups -OCH3 is 1. The second kappa shape index (κ2) is 9.15. The van der Waals surface area contributed by atoms with Crippen LogP contribution in [0.3, 0.4) is 0 Å². The van der Waals surface area contributed by atoms with Gasteiger partial charge in [-0.2, -0.15) is 0 Å². The maximum atomic E-state index is 12.2. The van der Waals surface area contributed by atoms with Gasteiger partial charge in [-0.05, 0) is 43.0 Å². The summed E-state index contributed by atoms with van der Waals surface area (Å²) in [6.45, 7) is 1.96. The van der Waals surface area contributed by atoms with Crippen LogP contribution in [0.25, 0.3) is 0 Å². The van der Waals surface area contributed by atoms with Crippen molar-refractivity contribution in [3.63, 3.8) is 0 Å². The molecule has 1 atom stereocenters. The van der Waals surface area contributed by atoms with Gasteiger partial charge in [0.05, 0.1) is 13.2 Å². The Morgan fingerprint density at radius 1 is 1.31 bits per heavy atom. The number of rotatable bonds is 8. The van der Waals surface area contributed by atoms with Gasteiger partial charge in [0.1, 0.15) is 11.4 Å². The monoisotopic (exact) mass is 356 g/mol. The lowest BCUT2D eigenvalue weighted by Crippen LogP contribution is -2.32. The van der Waals surface area contributed by atoms with Gasteiger partial charge in [0.25, 0.3) is 5.91 Å². The Kier molecular flexibility index (Phi) is 6.38.